The third kappa shape index (κ3) is 4.57. The Hall–Kier alpha value is -1.47. The predicted molar refractivity (Wildman–Crippen MR) is 76.6 cm³/mol. The monoisotopic (exact) mass is 299 g/mol. The summed E-state index contributed by atoms with van der Waals surface area (Å²) in [6.07, 6.45) is 4.59. The predicted octanol–water partition coefficient (Wildman–Crippen LogP) is 1.01. The van der Waals surface area contributed by atoms with E-state index in [1.165, 1.54) is 25.5 Å². The fourth-order valence-corrected chi connectivity index (χ4v) is 2.88. The number of pyridine rings is 1. The molecule has 1 aromatic rings. The first-order chi connectivity index (χ1) is 9.37. The van der Waals surface area contributed by atoms with E-state index in [4.69, 9.17) is 0 Å². The van der Waals surface area contributed by atoms with Crippen molar-refractivity contribution >= 4 is 15.9 Å². The van der Waals surface area contributed by atoms with Crippen LogP contribution in [0.3, 0.4) is 0 Å². The van der Waals surface area contributed by atoms with Gasteiger partial charge in [0.2, 0.25) is 15.9 Å². The third-order valence-electron chi connectivity index (χ3n) is 2.84. The van der Waals surface area contributed by atoms with Crippen molar-refractivity contribution in [2.45, 2.75) is 37.6 Å². The third-order valence-corrected chi connectivity index (χ3v) is 4.62. The molecule has 0 spiro atoms. The van der Waals surface area contributed by atoms with Gasteiger partial charge in [-0.3, -0.25) is 9.78 Å². The lowest BCUT2D eigenvalue weighted by Gasteiger charge is -2.18. The van der Waals surface area contributed by atoms with Gasteiger partial charge in [0.15, 0.2) is 0 Å². The standard InChI is InChI=1S/C13H21N3O3S/c1-4-6-11(2)15-13(17)10-16(3)20(18,19)12-7-5-8-14-9-12/h5,7-9,11H,4,6,10H2,1-3H3,(H,15,17)/t11-/m1/s1. The molecule has 20 heavy (non-hydrogen) atoms. The van der Waals surface area contributed by atoms with E-state index < -0.39 is 10.0 Å². The molecule has 1 atom stereocenters. The number of hydrogen-bond acceptors (Lipinski definition) is 4. The Morgan fingerprint density at radius 2 is 2.20 bits per heavy atom. The van der Waals surface area contributed by atoms with Crippen LogP contribution in [-0.4, -0.2) is 43.2 Å². The van der Waals surface area contributed by atoms with Crippen LogP contribution in [0.4, 0.5) is 0 Å². The minimum absolute atomic E-state index is 0.0435. The maximum atomic E-state index is 12.2. The van der Waals surface area contributed by atoms with Crippen molar-refractivity contribution in [3.8, 4) is 0 Å². The Bertz CT molecular complexity index is 531. The lowest BCUT2D eigenvalue weighted by Crippen LogP contribution is -2.41. The summed E-state index contributed by atoms with van der Waals surface area (Å²) in [5.41, 5.74) is 0. The van der Waals surface area contributed by atoms with Crippen molar-refractivity contribution in [1.29, 1.82) is 0 Å². The number of hydrogen-bond donors (Lipinski definition) is 1. The molecule has 0 aliphatic heterocycles. The number of amides is 1. The van der Waals surface area contributed by atoms with E-state index in [0.29, 0.717) is 0 Å². The zero-order valence-corrected chi connectivity index (χ0v) is 12.9. The molecule has 1 heterocycles. The minimum atomic E-state index is -3.67. The number of rotatable bonds is 7. The van der Waals surface area contributed by atoms with Crippen LogP contribution < -0.4 is 5.32 Å². The van der Waals surface area contributed by atoms with Crippen LogP contribution in [0.5, 0.6) is 0 Å². The van der Waals surface area contributed by atoms with Gasteiger partial charge < -0.3 is 5.32 Å². The Labute approximate surface area is 120 Å². The topological polar surface area (TPSA) is 79.4 Å². The molecule has 0 aliphatic rings. The molecule has 1 rings (SSSR count). The van der Waals surface area contributed by atoms with Gasteiger partial charge >= 0.3 is 0 Å². The molecule has 0 radical (unpaired) electrons. The molecule has 0 fully saturated rings. The summed E-state index contributed by atoms with van der Waals surface area (Å²) in [6.45, 7) is 3.73. The number of nitrogens with zero attached hydrogens (tertiary/aromatic N) is 2. The van der Waals surface area contributed by atoms with Crippen LogP contribution in [0.1, 0.15) is 26.7 Å². The molecule has 112 valence electrons. The van der Waals surface area contributed by atoms with Crippen LogP contribution in [0.25, 0.3) is 0 Å². The van der Waals surface area contributed by atoms with Crippen molar-refractivity contribution in [2.75, 3.05) is 13.6 Å². The quantitative estimate of drug-likeness (QED) is 0.815. The Morgan fingerprint density at radius 1 is 1.50 bits per heavy atom. The molecule has 0 unspecified atom stereocenters. The lowest BCUT2D eigenvalue weighted by molar-refractivity contribution is -0.121. The number of aromatic nitrogens is 1. The van der Waals surface area contributed by atoms with E-state index in [1.54, 1.807) is 6.07 Å². The fourth-order valence-electron chi connectivity index (χ4n) is 1.79. The molecule has 1 N–H and O–H groups in total. The van der Waals surface area contributed by atoms with Crippen molar-refractivity contribution in [3.63, 3.8) is 0 Å². The van der Waals surface area contributed by atoms with Crippen LogP contribution in [0, 0.1) is 0 Å². The molecular weight excluding hydrogens is 278 g/mol. The number of carbonyl (C=O) groups is 1. The SMILES string of the molecule is CCC[C@@H](C)NC(=O)CN(C)S(=O)(=O)c1cccnc1. The smallest absolute Gasteiger partial charge is 0.244 e. The van der Waals surface area contributed by atoms with Gasteiger partial charge in [0, 0.05) is 25.5 Å². The second-order valence-electron chi connectivity index (χ2n) is 4.71. The molecule has 0 saturated carbocycles. The minimum Gasteiger partial charge on any atom is -0.353 e. The first-order valence-electron chi connectivity index (χ1n) is 6.53. The second kappa shape index (κ2) is 7.35. The normalized spacial score (nSPS) is 13.2. The zero-order chi connectivity index (χ0) is 15.2. The summed E-state index contributed by atoms with van der Waals surface area (Å²) < 4.78 is 25.4. The average Bonchev–Trinajstić information content (AvgIpc) is 2.39. The number of carbonyl (C=O) groups excluding carboxylic acids is 1. The Balaban J connectivity index is 2.67. The second-order valence-corrected chi connectivity index (χ2v) is 6.75. The van der Waals surface area contributed by atoms with E-state index in [9.17, 15) is 13.2 Å². The Morgan fingerprint density at radius 3 is 2.75 bits per heavy atom. The van der Waals surface area contributed by atoms with E-state index in [2.05, 4.69) is 10.3 Å². The van der Waals surface area contributed by atoms with Crippen LogP contribution in [0.2, 0.25) is 0 Å². The highest BCUT2D eigenvalue weighted by Crippen LogP contribution is 2.11. The molecule has 0 bridgehead atoms. The number of nitrogens with one attached hydrogen (secondary N) is 1. The van der Waals surface area contributed by atoms with Gasteiger partial charge in [0.25, 0.3) is 0 Å². The largest absolute Gasteiger partial charge is 0.353 e. The van der Waals surface area contributed by atoms with Gasteiger partial charge in [-0.1, -0.05) is 13.3 Å². The van der Waals surface area contributed by atoms with Gasteiger partial charge in [-0.2, -0.15) is 4.31 Å². The van der Waals surface area contributed by atoms with Crippen molar-refractivity contribution < 1.29 is 13.2 Å². The molecule has 0 aliphatic carbocycles. The van der Waals surface area contributed by atoms with Crippen LogP contribution >= 0.6 is 0 Å². The van der Waals surface area contributed by atoms with Crippen LogP contribution in [-0.2, 0) is 14.8 Å². The van der Waals surface area contributed by atoms with Crippen LogP contribution in [0.15, 0.2) is 29.4 Å². The molecule has 6 nitrogen and oxygen atoms in total. The summed E-state index contributed by atoms with van der Waals surface area (Å²) in [5, 5.41) is 2.77. The number of sulfonamides is 1. The molecule has 1 amide bonds. The van der Waals surface area contributed by atoms with Crippen molar-refractivity contribution in [3.05, 3.63) is 24.5 Å². The van der Waals surface area contributed by atoms with Gasteiger partial charge in [0.1, 0.15) is 4.90 Å². The fraction of sp³-hybridized carbons (Fsp3) is 0.538. The lowest BCUT2D eigenvalue weighted by atomic mass is 10.2. The van der Waals surface area contributed by atoms with E-state index in [-0.39, 0.29) is 23.4 Å². The highest BCUT2D eigenvalue weighted by atomic mass is 32.2. The molecular formula is C13H21N3O3S. The number of likely N-dealkylation sites (N-methyl/N-ethyl adjacent to an activating group) is 1. The van der Waals surface area contributed by atoms with E-state index in [1.807, 2.05) is 13.8 Å². The zero-order valence-electron chi connectivity index (χ0n) is 12.0. The first kappa shape index (κ1) is 16.6. The highest BCUT2D eigenvalue weighted by molar-refractivity contribution is 7.89. The summed E-state index contributed by atoms with van der Waals surface area (Å²) in [4.78, 5) is 15.6. The Kier molecular flexibility index (Phi) is 6.09. The summed E-state index contributed by atoms with van der Waals surface area (Å²) >= 11 is 0. The maximum Gasteiger partial charge on any atom is 0.244 e. The average molecular weight is 299 g/mol. The molecule has 1 aromatic heterocycles. The summed E-state index contributed by atoms with van der Waals surface area (Å²) in [5.74, 6) is -0.305. The first-order valence-corrected chi connectivity index (χ1v) is 7.97. The van der Waals surface area contributed by atoms with Gasteiger partial charge in [-0.05, 0) is 25.5 Å². The van der Waals surface area contributed by atoms with Gasteiger partial charge in [-0.25, -0.2) is 8.42 Å². The molecule has 7 heteroatoms. The molecule has 0 saturated heterocycles. The molecule has 0 aromatic carbocycles. The van der Waals surface area contributed by atoms with Crippen molar-refractivity contribution in [1.82, 2.24) is 14.6 Å². The maximum absolute atomic E-state index is 12.2. The van der Waals surface area contributed by atoms with Gasteiger partial charge in [0.05, 0.1) is 6.54 Å². The highest BCUT2D eigenvalue weighted by Gasteiger charge is 2.23. The van der Waals surface area contributed by atoms with Crippen molar-refractivity contribution in [2.24, 2.45) is 0 Å². The van der Waals surface area contributed by atoms with Gasteiger partial charge in [-0.15, -0.1) is 0 Å². The van der Waals surface area contributed by atoms with E-state index >= 15 is 0 Å². The van der Waals surface area contributed by atoms with E-state index in [0.717, 1.165) is 17.1 Å². The summed E-state index contributed by atoms with van der Waals surface area (Å²) in [7, 11) is -2.29. The summed E-state index contributed by atoms with van der Waals surface area (Å²) in [6, 6.07) is 3.04.